The summed E-state index contributed by atoms with van der Waals surface area (Å²) >= 11 is 0. The third-order valence-electron chi connectivity index (χ3n) is 8.86. The predicted molar refractivity (Wildman–Crippen MR) is 81.8 cm³/mol. The smallest absolute Gasteiger partial charge is 0.0847 e. The van der Waals surface area contributed by atoms with Crippen molar-refractivity contribution in [3.8, 4) is 0 Å². The molecule has 1 heterocycles. The summed E-state index contributed by atoms with van der Waals surface area (Å²) in [6.07, 6.45) is 11.7. The Morgan fingerprint density at radius 3 is 2.57 bits per heavy atom. The molecule has 0 aromatic carbocycles. The molecule has 5 fully saturated rings. The highest BCUT2D eigenvalue weighted by Crippen LogP contribution is 2.67. The third kappa shape index (κ3) is 1.62. The second-order valence-electron chi connectivity index (χ2n) is 9.45. The van der Waals surface area contributed by atoms with Gasteiger partial charge in [0, 0.05) is 0 Å². The van der Waals surface area contributed by atoms with E-state index in [4.69, 9.17) is 4.74 Å². The van der Waals surface area contributed by atoms with Gasteiger partial charge >= 0.3 is 0 Å². The molecule has 118 valence electrons. The van der Waals surface area contributed by atoms with Crippen LogP contribution in [-0.2, 0) is 4.74 Å². The maximum atomic E-state index is 10.5. The van der Waals surface area contributed by atoms with E-state index >= 15 is 0 Å². The molecule has 0 amide bonds. The number of hydrogen-bond donors (Lipinski definition) is 1. The van der Waals surface area contributed by atoms with Crippen molar-refractivity contribution in [1.82, 2.24) is 0 Å². The zero-order chi connectivity index (χ0) is 14.4. The van der Waals surface area contributed by atoms with Gasteiger partial charge in [-0.15, -0.1) is 0 Å². The topological polar surface area (TPSA) is 32.8 Å². The van der Waals surface area contributed by atoms with Gasteiger partial charge in [0.2, 0.25) is 0 Å². The second-order valence-corrected chi connectivity index (χ2v) is 9.45. The fourth-order valence-electron chi connectivity index (χ4n) is 7.49. The third-order valence-corrected chi connectivity index (χ3v) is 8.86. The summed E-state index contributed by atoms with van der Waals surface area (Å²) in [6, 6.07) is 0. The van der Waals surface area contributed by atoms with E-state index in [0.717, 1.165) is 30.1 Å². The Balaban J connectivity index is 1.47. The summed E-state index contributed by atoms with van der Waals surface area (Å²) in [5.74, 6) is 3.50. The zero-order valence-corrected chi connectivity index (χ0v) is 13.6. The number of ether oxygens (including phenoxy) is 1. The summed E-state index contributed by atoms with van der Waals surface area (Å²) in [5.41, 5.74) is 0.771. The molecule has 5 rings (SSSR count). The van der Waals surface area contributed by atoms with Gasteiger partial charge in [0.25, 0.3) is 0 Å². The Labute approximate surface area is 128 Å². The van der Waals surface area contributed by atoms with E-state index in [1.165, 1.54) is 44.9 Å². The summed E-state index contributed by atoms with van der Waals surface area (Å²) in [4.78, 5) is 0. The summed E-state index contributed by atoms with van der Waals surface area (Å²) in [7, 11) is 0. The van der Waals surface area contributed by atoms with Crippen molar-refractivity contribution in [2.24, 2.45) is 34.5 Å². The molecule has 21 heavy (non-hydrogen) atoms. The summed E-state index contributed by atoms with van der Waals surface area (Å²) in [5, 5.41) is 10.5. The van der Waals surface area contributed by atoms with Crippen LogP contribution in [0.15, 0.2) is 0 Å². The Kier molecular flexibility index (Phi) is 2.58. The van der Waals surface area contributed by atoms with Crippen LogP contribution in [0.1, 0.15) is 65.2 Å². The van der Waals surface area contributed by atoms with E-state index in [2.05, 4.69) is 13.8 Å². The first-order chi connectivity index (χ1) is 10.0. The van der Waals surface area contributed by atoms with E-state index in [1.807, 2.05) is 0 Å². The number of epoxide rings is 1. The van der Waals surface area contributed by atoms with Crippen LogP contribution in [0.25, 0.3) is 0 Å². The van der Waals surface area contributed by atoms with Crippen LogP contribution in [0, 0.1) is 34.5 Å². The molecule has 1 saturated heterocycles. The number of rotatable bonds is 0. The van der Waals surface area contributed by atoms with Gasteiger partial charge in [-0.2, -0.15) is 0 Å². The number of hydrogen-bond acceptors (Lipinski definition) is 2. The monoisotopic (exact) mass is 290 g/mol. The van der Waals surface area contributed by atoms with Crippen LogP contribution < -0.4 is 0 Å². The average Bonchev–Trinajstić information content (AvgIpc) is 3.12. The molecule has 0 spiro atoms. The molecule has 4 saturated carbocycles. The first-order valence-corrected chi connectivity index (χ1v) is 9.36. The molecule has 1 aliphatic heterocycles. The second kappa shape index (κ2) is 4.06. The Bertz CT molecular complexity index is 462. The molecule has 0 aromatic heterocycles. The molecule has 0 radical (unpaired) electrons. The Morgan fingerprint density at radius 1 is 0.905 bits per heavy atom. The number of fused-ring (bicyclic) bond motifs is 6. The SMILES string of the molecule is C[C@]12CC3OC3CC1CC[C@@H]1[C@H]2CC[C@]2(C)C(O)CC[C@@H]12. The molecule has 1 N–H and O–H groups in total. The summed E-state index contributed by atoms with van der Waals surface area (Å²) < 4.78 is 5.90. The van der Waals surface area contributed by atoms with Crippen molar-refractivity contribution in [3.63, 3.8) is 0 Å². The number of aliphatic hydroxyl groups excluding tert-OH is 1. The lowest BCUT2D eigenvalue weighted by Gasteiger charge is -2.59. The van der Waals surface area contributed by atoms with E-state index in [1.54, 1.807) is 0 Å². The first-order valence-electron chi connectivity index (χ1n) is 9.36. The Hall–Kier alpha value is -0.0800. The van der Waals surface area contributed by atoms with Gasteiger partial charge in [0.1, 0.15) is 0 Å². The van der Waals surface area contributed by atoms with Crippen molar-refractivity contribution in [2.45, 2.75) is 83.5 Å². The zero-order valence-electron chi connectivity index (χ0n) is 13.6. The molecule has 2 heteroatoms. The molecular weight excluding hydrogens is 260 g/mol. The van der Waals surface area contributed by atoms with E-state index < -0.39 is 0 Å². The average molecular weight is 290 g/mol. The standard InChI is InChI=1S/C19H30O2/c1-18-8-7-14-12(13(18)5-6-17(18)20)4-3-11-9-15-16(21-15)10-19(11,14)2/h11-17,20H,3-10H2,1-2H3/t11?,12-,13-,14+,15?,16?,17?,18-,19-/m0/s1. The van der Waals surface area contributed by atoms with E-state index in [0.29, 0.717) is 17.6 Å². The molecular formula is C19H30O2. The lowest BCUT2D eigenvalue weighted by atomic mass is 9.45. The van der Waals surface area contributed by atoms with Gasteiger partial charge in [0.05, 0.1) is 18.3 Å². The van der Waals surface area contributed by atoms with Gasteiger partial charge in [-0.1, -0.05) is 13.8 Å². The van der Waals surface area contributed by atoms with Gasteiger partial charge in [-0.05, 0) is 85.9 Å². The van der Waals surface area contributed by atoms with Gasteiger partial charge < -0.3 is 9.84 Å². The molecule has 2 nitrogen and oxygen atoms in total. The van der Waals surface area contributed by atoms with Crippen LogP contribution >= 0.6 is 0 Å². The number of aliphatic hydroxyl groups is 1. The minimum Gasteiger partial charge on any atom is -0.393 e. The van der Waals surface area contributed by atoms with Crippen LogP contribution in [0.3, 0.4) is 0 Å². The summed E-state index contributed by atoms with van der Waals surface area (Å²) in [6.45, 7) is 4.99. The van der Waals surface area contributed by atoms with Gasteiger partial charge in [-0.3, -0.25) is 0 Å². The molecule has 9 atom stereocenters. The van der Waals surface area contributed by atoms with Crippen molar-refractivity contribution >= 4 is 0 Å². The molecule has 0 aromatic rings. The highest BCUT2D eigenvalue weighted by molar-refractivity contribution is 5.12. The van der Waals surface area contributed by atoms with Gasteiger partial charge in [0.15, 0.2) is 0 Å². The maximum Gasteiger partial charge on any atom is 0.0847 e. The molecule has 0 bridgehead atoms. The van der Waals surface area contributed by atoms with Crippen LogP contribution in [0.4, 0.5) is 0 Å². The largest absolute Gasteiger partial charge is 0.393 e. The van der Waals surface area contributed by atoms with E-state index in [-0.39, 0.29) is 11.5 Å². The maximum absolute atomic E-state index is 10.5. The minimum atomic E-state index is -0.0310. The van der Waals surface area contributed by atoms with E-state index in [9.17, 15) is 5.11 Å². The van der Waals surface area contributed by atoms with Gasteiger partial charge in [-0.25, -0.2) is 0 Å². The lowest BCUT2D eigenvalue weighted by molar-refractivity contribution is -0.117. The Morgan fingerprint density at radius 2 is 1.71 bits per heavy atom. The van der Waals surface area contributed by atoms with Crippen molar-refractivity contribution in [1.29, 1.82) is 0 Å². The van der Waals surface area contributed by atoms with Crippen LogP contribution in [0.2, 0.25) is 0 Å². The fourth-order valence-corrected chi connectivity index (χ4v) is 7.49. The normalized spacial score (nSPS) is 65.0. The lowest BCUT2D eigenvalue weighted by Crippen LogP contribution is -2.54. The van der Waals surface area contributed by atoms with Crippen molar-refractivity contribution < 1.29 is 9.84 Å². The highest BCUT2D eigenvalue weighted by atomic mass is 16.6. The van der Waals surface area contributed by atoms with Crippen molar-refractivity contribution in [2.75, 3.05) is 0 Å². The molecule has 5 aliphatic rings. The fraction of sp³-hybridized carbons (Fsp3) is 1.00. The highest BCUT2D eigenvalue weighted by Gasteiger charge is 2.63. The van der Waals surface area contributed by atoms with Crippen molar-refractivity contribution in [3.05, 3.63) is 0 Å². The quantitative estimate of drug-likeness (QED) is 0.689. The van der Waals surface area contributed by atoms with Crippen LogP contribution in [0.5, 0.6) is 0 Å². The minimum absolute atomic E-state index is 0.0310. The van der Waals surface area contributed by atoms with Crippen LogP contribution in [-0.4, -0.2) is 23.4 Å². The molecule has 4 aliphatic carbocycles. The molecule has 4 unspecified atom stereocenters. The predicted octanol–water partition coefficient (Wildman–Crippen LogP) is 3.77. The first kappa shape index (κ1) is 13.4.